The van der Waals surface area contributed by atoms with Gasteiger partial charge in [0.15, 0.2) is 0 Å². The molecule has 1 spiro atoms. The Balaban J connectivity index is 1.39. The zero-order chi connectivity index (χ0) is 21.3. The van der Waals surface area contributed by atoms with Gasteiger partial charge in [-0.15, -0.1) is 0 Å². The fourth-order valence-electron chi connectivity index (χ4n) is 4.08. The van der Waals surface area contributed by atoms with Crippen molar-refractivity contribution in [1.29, 1.82) is 0 Å². The summed E-state index contributed by atoms with van der Waals surface area (Å²) in [4.78, 5) is 31.3. The van der Waals surface area contributed by atoms with Gasteiger partial charge in [-0.05, 0) is 26.0 Å². The lowest BCUT2D eigenvalue weighted by Gasteiger charge is -2.41. The van der Waals surface area contributed by atoms with Crippen molar-refractivity contribution in [2.75, 3.05) is 26.7 Å². The number of aromatic nitrogens is 3. The predicted molar refractivity (Wildman–Crippen MR) is 109 cm³/mol. The third kappa shape index (κ3) is 3.96. The summed E-state index contributed by atoms with van der Waals surface area (Å²) in [6.45, 7) is 5.84. The third-order valence-corrected chi connectivity index (χ3v) is 5.86. The lowest BCUT2D eigenvalue weighted by atomic mass is 9.90. The number of aryl methyl sites for hydroxylation is 3. The van der Waals surface area contributed by atoms with Crippen LogP contribution in [0.15, 0.2) is 18.2 Å². The van der Waals surface area contributed by atoms with E-state index in [4.69, 9.17) is 9.47 Å². The average Bonchev–Trinajstić information content (AvgIpc) is 3.00. The lowest BCUT2D eigenvalue weighted by molar-refractivity contribution is -0.134. The highest BCUT2D eigenvalue weighted by Crippen LogP contribution is 2.35. The van der Waals surface area contributed by atoms with Gasteiger partial charge < -0.3 is 19.7 Å². The number of methoxy groups -OCH3 is 1. The molecule has 3 heterocycles. The van der Waals surface area contributed by atoms with Crippen molar-refractivity contribution in [2.24, 2.45) is 0 Å². The quantitative estimate of drug-likeness (QED) is 0.815. The summed E-state index contributed by atoms with van der Waals surface area (Å²) in [5.41, 5.74) is -0.0198. The fourth-order valence-corrected chi connectivity index (χ4v) is 4.08. The summed E-state index contributed by atoms with van der Waals surface area (Å²) in [6.07, 6.45) is 1.68. The van der Waals surface area contributed by atoms with Gasteiger partial charge in [0.1, 0.15) is 28.7 Å². The van der Waals surface area contributed by atoms with E-state index in [2.05, 4.69) is 15.4 Å². The van der Waals surface area contributed by atoms with Gasteiger partial charge in [-0.25, -0.2) is 9.67 Å². The van der Waals surface area contributed by atoms with Crippen LogP contribution in [0.2, 0.25) is 0 Å². The molecule has 9 nitrogen and oxygen atoms in total. The topological polar surface area (TPSA) is 98.6 Å². The van der Waals surface area contributed by atoms with Crippen LogP contribution in [0, 0.1) is 13.8 Å². The van der Waals surface area contributed by atoms with Crippen LogP contribution in [0.25, 0.3) is 0 Å². The second-order valence-electron chi connectivity index (χ2n) is 7.89. The average molecular weight is 413 g/mol. The zero-order valence-corrected chi connectivity index (χ0v) is 17.6. The summed E-state index contributed by atoms with van der Waals surface area (Å²) in [7, 11) is 1.58. The van der Waals surface area contributed by atoms with Gasteiger partial charge in [-0.3, -0.25) is 9.59 Å². The van der Waals surface area contributed by atoms with E-state index in [0.29, 0.717) is 68.3 Å². The number of hydrogen-bond acceptors (Lipinski definition) is 6. The van der Waals surface area contributed by atoms with Gasteiger partial charge in [0.05, 0.1) is 25.8 Å². The molecule has 160 valence electrons. The first-order valence-corrected chi connectivity index (χ1v) is 10.2. The molecule has 0 saturated carbocycles. The van der Waals surface area contributed by atoms with Crippen molar-refractivity contribution < 1.29 is 19.1 Å². The molecule has 1 fully saturated rings. The molecular formula is C21H27N5O4. The van der Waals surface area contributed by atoms with Crippen molar-refractivity contribution in [1.82, 2.24) is 25.0 Å². The Morgan fingerprint density at radius 3 is 2.73 bits per heavy atom. The predicted octanol–water partition coefficient (Wildman–Crippen LogP) is 1.48. The smallest absolute Gasteiger partial charge is 0.255 e. The Kier molecular flexibility index (Phi) is 5.36. The molecule has 0 bridgehead atoms. The first-order chi connectivity index (χ1) is 14.4. The fraction of sp³-hybridized carbons (Fsp3) is 0.524. The number of carbonyl (C=O) groups excluding carboxylic acids is 2. The lowest BCUT2D eigenvalue weighted by Crippen LogP contribution is -2.54. The highest BCUT2D eigenvalue weighted by Gasteiger charge is 2.41. The molecule has 2 amide bonds. The van der Waals surface area contributed by atoms with E-state index in [1.165, 1.54) is 0 Å². The van der Waals surface area contributed by atoms with Crippen molar-refractivity contribution in [3.05, 3.63) is 35.4 Å². The van der Waals surface area contributed by atoms with Gasteiger partial charge in [-0.2, -0.15) is 5.10 Å². The normalized spacial score (nSPS) is 17.7. The van der Waals surface area contributed by atoms with Crippen LogP contribution >= 0.6 is 0 Å². The molecule has 2 aromatic rings. The van der Waals surface area contributed by atoms with Crippen molar-refractivity contribution in [3.63, 3.8) is 0 Å². The van der Waals surface area contributed by atoms with E-state index >= 15 is 0 Å². The molecule has 0 aliphatic carbocycles. The molecule has 1 aromatic heterocycles. The molecule has 1 saturated heterocycles. The Hall–Kier alpha value is -3.10. The van der Waals surface area contributed by atoms with Crippen LogP contribution in [0.3, 0.4) is 0 Å². The van der Waals surface area contributed by atoms with Gasteiger partial charge >= 0.3 is 0 Å². The Labute approximate surface area is 175 Å². The number of nitrogens with one attached hydrogen (secondary N) is 1. The first kappa shape index (κ1) is 20.2. The maximum absolute atomic E-state index is 12.7. The largest absolute Gasteiger partial charge is 0.497 e. The van der Waals surface area contributed by atoms with Crippen LogP contribution in [0.5, 0.6) is 11.5 Å². The number of nitrogens with zero attached hydrogens (tertiary/aromatic N) is 4. The highest BCUT2D eigenvalue weighted by molar-refractivity contribution is 5.97. The molecule has 2 aliphatic rings. The monoisotopic (exact) mass is 413 g/mol. The van der Waals surface area contributed by atoms with E-state index in [1.54, 1.807) is 30.0 Å². The van der Waals surface area contributed by atoms with E-state index < -0.39 is 5.60 Å². The number of piperidine rings is 1. The molecule has 1 aromatic carbocycles. The second-order valence-corrected chi connectivity index (χ2v) is 7.89. The van der Waals surface area contributed by atoms with Gasteiger partial charge in [0, 0.05) is 38.4 Å². The molecule has 9 heteroatoms. The number of ether oxygens (including phenoxy) is 2. The number of rotatable bonds is 4. The van der Waals surface area contributed by atoms with Gasteiger partial charge in [0.25, 0.3) is 5.91 Å². The zero-order valence-electron chi connectivity index (χ0n) is 17.6. The number of amides is 2. The minimum atomic E-state index is -0.524. The van der Waals surface area contributed by atoms with Gasteiger partial charge in [0.2, 0.25) is 5.91 Å². The number of benzene rings is 1. The number of likely N-dealkylation sites (tertiary alicyclic amines) is 1. The minimum absolute atomic E-state index is 0.0946. The number of carbonyl (C=O) groups is 2. The second kappa shape index (κ2) is 7.97. The molecule has 30 heavy (non-hydrogen) atoms. The minimum Gasteiger partial charge on any atom is -0.497 e. The summed E-state index contributed by atoms with van der Waals surface area (Å²) in [5, 5.41) is 7.28. The van der Waals surface area contributed by atoms with Crippen molar-refractivity contribution in [3.8, 4) is 11.5 Å². The SMILES string of the molecule is COc1ccc2c(c1)OC1(CCN(C(=O)CCn3nc(C)nc3C)CC1)CNC2=O. The van der Waals surface area contributed by atoms with Crippen molar-refractivity contribution in [2.45, 2.75) is 45.3 Å². The Bertz CT molecular complexity index is 962. The molecule has 0 atom stereocenters. The molecule has 4 rings (SSSR count). The summed E-state index contributed by atoms with van der Waals surface area (Å²) >= 11 is 0. The number of fused-ring (bicyclic) bond motifs is 1. The van der Waals surface area contributed by atoms with E-state index in [9.17, 15) is 9.59 Å². The molecular weight excluding hydrogens is 386 g/mol. The van der Waals surface area contributed by atoms with E-state index in [0.717, 1.165) is 5.82 Å². The Morgan fingerprint density at radius 2 is 2.07 bits per heavy atom. The van der Waals surface area contributed by atoms with E-state index in [1.807, 2.05) is 18.7 Å². The molecule has 0 radical (unpaired) electrons. The van der Waals surface area contributed by atoms with Crippen LogP contribution in [-0.4, -0.2) is 63.8 Å². The maximum atomic E-state index is 12.7. The first-order valence-electron chi connectivity index (χ1n) is 10.2. The molecule has 2 aliphatic heterocycles. The van der Waals surface area contributed by atoms with Gasteiger partial charge in [-0.1, -0.05) is 0 Å². The Morgan fingerprint density at radius 1 is 1.30 bits per heavy atom. The summed E-state index contributed by atoms with van der Waals surface area (Å²) < 4.78 is 13.4. The number of hydrogen-bond donors (Lipinski definition) is 1. The van der Waals surface area contributed by atoms with Crippen LogP contribution in [0.1, 0.15) is 41.3 Å². The maximum Gasteiger partial charge on any atom is 0.255 e. The standard InChI is InChI=1S/C21H27N5O4/c1-14-23-15(2)26(24-14)9-6-19(27)25-10-7-21(8-11-25)13-22-20(28)17-5-4-16(29-3)12-18(17)30-21/h4-5,12H,6-11,13H2,1-3H3,(H,22,28). The summed E-state index contributed by atoms with van der Waals surface area (Å²) in [6, 6.07) is 5.22. The van der Waals surface area contributed by atoms with Crippen molar-refractivity contribution >= 4 is 11.8 Å². The van der Waals surface area contributed by atoms with E-state index in [-0.39, 0.29) is 11.8 Å². The molecule has 0 unspecified atom stereocenters. The van der Waals surface area contributed by atoms with Crippen LogP contribution in [-0.2, 0) is 11.3 Å². The van der Waals surface area contributed by atoms with Crippen LogP contribution in [0.4, 0.5) is 0 Å². The summed E-state index contributed by atoms with van der Waals surface area (Å²) in [5.74, 6) is 2.64. The highest BCUT2D eigenvalue weighted by atomic mass is 16.5. The third-order valence-electron chi connectivity index (χ3n) is 5.86. The van der Waals surface area contributed by atoms with Crippen LogP contribution < -0.4 is 14.8 Å². The molecule has 1 N–H and O–H groups in total.